The van der Waals surface area contributed by atoms with Gasteiger partial charge in [0.25, 0.3) is 17.7 Å². The fraction of sp³-hybridized carbons (Fsp3) is 0.318. The molecule has 4 rings (SSSR count). The molecule has 3 amide bonds. The number of carbonyl (C=O) groups excluding carboxylic acids is 3. The summed E-state index contributed by atoms with van der Waals surface area (Å²) in [6, 6.07) is 14.5. The third kappa shape index (κ3) is 3.55. The minimum absolute atomic E-state index is 0.122. The van der Waals surface area contributed by atoms with Crippen molar-refractivity contribution in [1.29, 1.82) is 0 Å². The van der Waals surface area contributed by atoms with Crippen molar-refractivity contribution in [3.63, 3.8) is 0 Å². The first-order valence-corrected chi connectivity index (χ1v) is 9.61. The predicted molar refractivity (Wildman–Crippen MR) is 105 cm³/mol. The maximum atomic E-state index is 12.6. The highest BCUT2D eigenvalue weighted by atomic mass is 16.2. The summed E-state index contributed by atoms with van der Waals surface area (Å²) in [6.07, 6.45) is 1.81. The van der Waals surface area contributed by atoms with E-state index < -0.39 is 0 Å². The van der Waals surface area contributed by atoms with Gasteiger partial charge >= 0.3 is 0 Å². The zero-order valence-corrected chi connectivity index (χ0v) is 15.8. The minimum atomic E-state index is -0.292. The summed E-state index contributed by atoms with van der Waals surface area (Å²) in [7, 11) is 0. The molecule has 2 aliphatic heterocycles. The molecule has 1 fully saturated rings. The number of hydrogen-bond acceptors (Lipinski definition) is 4. The molecule has 2 unspecified atom stereocenters. The van der Waals surface area contributed by atoms with Crippen LogP contribution in [0.15, 0.2) is 48.5 Å². The summed E-state index contributed by atoms with van der Waals surface area (Å²) in [4.78, 5) is 39.0. The fourth-order valence-electron chi connectivity index (χ4n) is 3.91. The number of rotatable bonds is 4. The number of fused-ring (bicyclic) bond motifs is 1. The van der Waals surface area contributed by atoms with Gasteiger partial charge < -0.3 is 10.6 Å². The van der Waals surface area contributed by atoms with E-state index in [4.69, 9.17) is 0 Å². The third-order valence-corrected chi connectivity index (χ3v) is 5.37. The largest absolute Gasteiger partial charge is 0.349 e. The Morgan fingerprint density at radius 3 is 2.50 bits per heavy atom. The Labute approximate surface area is 163 Å². The van der Waals surface area contributed by atoms with Gasteiger partial charge in [-0.2, -0.15) is 0 Å². The normalized spacial score (nSPS) is 21.5. The summed E-state index contributed by atoms with van der Waals surface area (Å²) >= 11 is 0. The maximum Gasteiger partial charge on any atom is 0.261 e. The summed E-state index contributed by atoms with van der Waals surface area (Å²) in [6.45, 7) is 3.16. The molecule has 2 aliphatic rings. The lowest BCUT2D eigenvalue weighted by Gasteiger charge is -2.28. The van der Waals surface area contributed by atoms with E-state index in [9.17, 15) is 14.4 Å². The molecule has 0 bridgehead atoms. The van der Waals surface area contributed by atoms with Gasteiger partial charge in [0.1, 0.15) is 0 Å². The van der Waals surface area contributed by atoms with Gasteiger partial charge in [0, 0.05) is 17.6 Å². The Bertz CT molecular complexity index is 905. The second-order valence-electron chi connectivity index (χ2n) is 7.49. The summed E-state index contributed by atoms with van der Waals surface area (Å²) in [5, 5.41) is 6.46. The number of hydrogen-bond donors (Lipinski definition) is 2. The summed E-state index contributed by atoms with van der Waals surface area (Å²) in [5.74, 6) is -0.707. The molecule has 0 spiro atoms. The highest BCUT2D eigenvalue weighted by Crippen LogP contribution is 2.24. The van der Waals surface area contributed by atoms with Crippen LogP contribution in [-0.4, -0.2) is 41.2 Å². The molecule has 2 N–H and O–H groups in total. The third-order valence-electron chi connectivity index (χ3n) is 5.37. The second-order valence-corrected chi connectivity index (χ2v) is 7.49. The van der Waals surface area contributed by atoms with Crippen molar-refractivity contribution >= 4 is 17.7 Å². The molecule has 2 heterocycles. The Hall–Kier alpha value is -2.99. The zero-order valence-electron chi connectivity index (χ0n) is 15.8. The highest BCUT2D eigenvalue weighted by Gasteiger charge is 2.35. The molecule has 0 saturated carbocycles. The average Bonchev–Trinajstić information content (AvgIpc) is 2.93. The summed E-state index contributed by atoms with van der Waals surface area (Å²) < 4.78 is 0. The molecule has 6 nitrogen and oxygen atoms in total. The topological polar surface area (TPSA) is 78.5 Å². The van der Waals surface area contributed by atoms with Gasteiger partial charge in [-0.25, -0.2) is 0 Å². The zero-order chi connectivity index (χ0) is 19.7. The van der Waals surface area contributed by atoms with Gasteiger partial charge in [-0.15, -0.1) is 0 Å². The first kappa shape index (κ1) is 18.4. The van der Waals surface area contributed by atoms with Crippen molar-refractivity contribution in [2.45, 2.75) is 38.4 Å². The fourth-order valence-corrected chi connectivity index (χ4v) is 3.91. The van der Waals surface area contributed by atoms with Crippen molar-refractivity contribution in [1.82, 2.24) is 15.5 Å². The molecular weight excluding hydrogens is 354 g/mol. The first-order chi connectivity index (χ1) is 13.5. The van der Waals surface area contributed by atoms with Crippen LogP contribution in [0, 0.1) is 0 Å². The molecular formula is C22H23N3O3. The van der Waals surface area contributed by atoms with E-state index >= 15 is 0 Å². The Balaban J connectivity index is 1.46. The number of nitrogens with zero attached hydrogens (tertiary/aromatic N) is 1. The molecule has 2 atom stereocenters. The number of nitrogens with one attached hydrogen (secondary N) is 2. The van der Waals surface area contributed by atoms with Crippen LogP contribution in [-0.2, 0) is 6.54 Å². The van der Waals surface area contributed by atoms with Crippen LogP contribution in [0.2, 0.25) is 0 Å². The van der Waals surface area contributed by atoms with Gasteiger partial charge in [0.2, 0.25) is 0 Å². The Morgan fingerprint density at radius 2 is 1.82 bits per heavy atom. The van der Waals surface area contributed by atoms with Crippen LogP contribution in [0.25, 0.3) is 0 Å². The Morgan fingerprint density at radius 1 is 1.11 bits per heavy atom. The van der Waals surface area contributed by atoms with E-state index in [0.717, 1.165) is 24.9 Å². The van der Waals surface area contributed by atoms with Crippen LogP contribution in [0.3, 0.4) is 0 Å². The standard InChI is InChI=1S/C22H23N3O3/c1-14-11-17(9-10-23-14)24-20(26)16-6-4-5-15(12-16)13-25-21(27)18-7-2-3-8-19(18)22(25)28/h2-8,12,14,17,23H,9-11,13H2,1H3,(H,24,26). The molecule has 28 heavy (non-hydrogen) atoms. The molecule has 144 valence electrons. The second kappa shape index (κ2) is 7.56. The average molecular weight is 377 g/mol. The highest BCUT2D eigenvalue weighted by molar-refractivity contribution is 6.21. The predicted octanol–water partition coefficient (Wildman–Crippen LogP) is 2.35. The Kier molecular flexibility index (Phi) is 4.96. The lowest BCUT2D eigenvalue weighted by Crippen LogP contribution is -2.46. The van der Waals surface area contributed by atoms with E-state index in [1.54, 1.807) is 42.5 Å². The van der Waals surface area contributed by atoms with Gasteiger partial charge in [-0.1, -0.05) is 24.3 Å². The number of imide groups is 1. The minimum Gasteiger partial charge on any atom is -0.349 e. The quantitative estimate of drug-likeness (QED) is 0.802. The van der Waals surface area contributed by atoms with Crippen molar-refractivity contribution in [2.75, 3.05) is 6.54 Å². The van der Waals surface area contributed by atoms with Gasteiger partial charge in [-0.3, -0.25) is 19.3 Å². The van der Waals surface area contributed by atoms with Crippen molar-refractivity contribution in [3.05, 3.63) is 70.8 Å². The van der Waals surface area contributed by atoms with Crippen LogP contribution in [0.5, 0.6) is 0 Å². The van der Waals surface area contributed by atoms with Crippen molar-refractivity contribution in [3.8, 4) is 0 Å². The van der Waals surface area contributed by atoms with Crippen molar-refractivity contribution < 1.29 is 14.4 Å². The van der Waals surface area contributed by atoms with E-state index in [2.05, 4.69) is 17.6 Å². The van der Waals surface area contributed by atoms with Gasteiger partial charge in [0.05, 0.1) is 17.7 Å². The number of amides is 3. The van der Waals surface area contributed by atoms with Crippen LogP contribution < -0.4 is 10.6 Å². The number of carbonyl (C=O) groups is 3. The van der Waals surface area contributed by atoms with E-state index in [-0.39, 0.29) is 30.3 Å². The number of benzene rings is 2. The lowest BCUT2D eigenvalue weighted by molar-refractivity contribution is 0.0642. The molecule has 0 aromatic heterocycles. The molecule has 6 heteroatoms. The first-order valence-electron chi connectivity index (χ1n) is 9.61. The number of piperidine rings is 1. The van der Waals surface area contributed by atoms with Crippen molar-refractivity contribution in [2.24, 2.45) is 0 Å². The lowest BCUT2D eigenvalue weighted by atomic mass is 10.00. The molecule has 1 saturated heterocycles. The molecule has 2 aromatic carbocycles. The molecule has 0 radical (unpaired) electrons. The molecule has 0 aliphatic carbocycles. The van der Waals surface area contributed by atoms with E-state index in [1.165, 1.54) is 4.90 Å². The SMILES string of the molecule is CC1CC(NC(=O)c2cccc(CN3C(=O)c4ccccc4C3=O)c2)CCN1. The molecule has 2 aromatic rings. The van der Waals surface area contributed by atoms with Crippen LogP contribution in [0.1, 0.15) is 56.4 Å². The van der Waals surface area contributed by atoms with Crippen LogP contribution in [0.4, 0.5) is 0 Å². The smallest absolute Gasteiger partial charge is 0.261 e. The maximum absolute atomic E-state index is 12.6. The van der Waals surface area contributed by atoms with Gasteiger partial charge in [0.15, 0.2) is 0 Å². The van der Waals surface area contributed by atoms with E-state index in [0.29, 0.717) is 22.7 Å². The van der Waals surface area contributed by atoms with E-state index in [1.807, 2.05) is 6.07 Å². The monoisotopic (exact) mass is 377 g/mol. The van der Waals surface area contributed by atoms with Gasteiger partial charge in [-0.05, 0) is 56.1 Å². The van der Waals surface area contributed by atoms with Crippen LogP contribution >= 0.6 is 0 Å². The summed E-state index contributed by atoms with van der Waals surface area (Å²) in [5.41, 5.74) is 2.16.